The van der Waals surface area contributed by atoms with Crippen molar-refractivity contribution in [3.63, 3.8) is 0 Å². The van der Waals surface area contributed by atoms with E-state index in [1.165, 1.54) is 0 Å². The van der Waals surface area contributed by atoms with Gasteiger partial charge in [0.25, 0.3) is 5.91 Å². The lowest BCUT2D eigenvalue weighted by Crippen LogP contribution is -2.47. The first kappa shape index (κ1) is 19.0. The number of aryl methyl sites for hydroxylation is 3. The Kier molecular flexibility index (Phi) is 4.67. The van der Waals surface area contributed by atoms with Crippen LogP contribution >= 0.6 is 0 Å². The zero-order valence-electron chi connectivity index (χ0n) is 16.1. The molecule has 1 aliphatic heterocycles. The third kappa shape index (κ3) is 3.39. The van der Waals surface area contributed by atoms with Crippen molar-refractivity contribution >= 4 is 21.6 Å². The molecule has 1 aromatic carbocycles. The smallest absolute Gasteiger partial charge is 0.306 e. The van der Waals surface area contributed by atoms with E-state index in [1.54, 1.807) is 0 Å². The SMILES string of the molecule is Cc1cc(C)c(C2=C(OS(C)(=O)=O)C3(CCC(C)CC3)NC2=O)cc1C. The maximum Gasteiger partial charge on any atom is 0.306 e. The molecule has 1 amide bonds. The van der Waals surface area contributed by atoms with Gasteiger partial charge in [0.2, 0.25) is 0 Å². The molecular weight excluding hydrogens is 350 g/mol. The van der Waals surface area contributed by atoms with Crippen molar-refractivity contribution in [1.29, 1.82) is 0 Å². The molecule has 2 aliphatic rings. The van der Waals surface area contributed by atoms with E-state index in [4.69, 9.17) is 4.18 Å². The molecule has 0 atom stereocenters. The highest BCUT2D eigenvalue weighted by atomic mass is 32.2. The monoisotopic (exact) mass is 377 g/mol. The van der Waals surface area contributed by atoms with Gasteiger partial charge in [0, 0.05) is 0 Å². The number of carbonyl (C=O) groups excluding carboxylic acids is 1. The number of hydrogen-bond donors (Lipinski definition) is 1. The Morgan fingerprint density at radius 3 is 2.23 bits per heavy atom. The number of hydrogen-bond acceptors (Lipinski definition) is 4. The minimum Gasteiger partial charge on any atom is -0.384 e. The Morgan fingerprint density at radius 2 is 1.65 bits per heavy atom. The van der Waals surface area contributed by atoms with Crippen LogP contribution in [0.3, 0.4) is 0 Å². The molecule has 1 fully saturated rings. The van der Waals surface area contributed by atoms with Gasteiger partial charge in [0.1, 0.15) is 5.54 Å². The molecule has 3 rings (SSSR count). The Labute approximate surface area is 155 Å². The van der Waals surface area contributed by atoms with Gasteiger partial charge in [0.05, 0.1) is 11.8 Å². The van der Waals surface area contributed by atoms with E-state index in [0.717, 1.165) is 41.4 Å². The highest BCUT2D eigenvalue weighted by molar-refractivity contribution is 7.86. The molecule has 0 aromatic heterocycles. The van der Waals surface area contributed by atoms with Crippen LogP contribution in [0, 0.1) is 26.7 Å². The summed E-state index contributed by atoms with van der Waals surface area (Å²) in [6.07, 6.45) is 4.27. The molecule has 5 nitrogen and oxygen atoms in total. The Bertz CT molecular complexity index is 891. The topological polar surface area (TPSA) is 72.5 Å². The van der Waals surface area contributed by atoms with E-state index in [-0.39, 0.29) is 11.7 Å². The minimum atomic E-state index is -3.74. The minimum absolute atomic E-state index is 0.246. The first-order chi connectivity index (χ1) is 12.0. The maximum absolute atomic E-state index is 12.9. The predicted octanol–water partition coefficient (Wildman–Crippen LogP) is 3.38. The van der Waals surface area contributed by atoms with Crippen molar-refractivity contribution in [3.05, 3.63) is 40.1 Å². The highest BCUT2D eigenvalue weighted by Gasteiger charge is 2.50. The number of nitrogens with one attached hydrogen (secondary N) is 1. The Hall–Kier alpha value is -1.82. The quantitative estimate of drug-likeness (QED) is 0.820. The van der Waals surface area contributed by atoms with E-state index < -0.39 is 15.7 Å². The average molecular weight is 378 g/mol. The Morgan fingerprint density at radius 1 is 1.08 bits per heavy atom. The molecule has 0 unspecified atom stereocenters. The summed E-state index contributed by atoms with van der Waals surface area (Å²) in [6, 6.07) is 3.98. The van der Waals surface area contributed by atoms with Gasteiger partial charge in [-0.05, 0) is 74.6 Å². The summed E-state index contributed by atoms with van der Waals surface area (Å²) in [5.74, 6) is 0.595. The van der Waals surface area contributed by atoms with Crippen LogP contribution in [0.1, 0.15) is 54.9 Å². The van der Waals surface area contributed by atoms with Crippen LogP contribution in [0.5, 0.6) is 0 Å². The van der Waals surface area contributed by atoms with Crippen molar-refractivity contribution < 1.29 is 17.4 Å². The summed E-state index contributed by atoms with van der Waals surface area (Å²) in [5.41, 5.74) is 3.53. The second-order valence-electron chi connectivity index (χ2n) is 7.96. The molecule has 1 heterocycles. The van der Waals surface area contributed by atoms with Gasteiger partial charge in [-0.25, -0.2) is 0 Å². The third-order valence-corrected chi connectivity index (χ3v) is 6.18. The molecule has 1 N–H and O–H groups in total. The van der Waals surface area contributed by atoms with Gasteiger partial charge in [0.15, 0.2) is 5.76 Å². The van der Waals surface area contributed by atoms with Crippen molar-refractivity contribution in [1.82, 2.24) is 5.32 Å². The Balaban J connectivity index is 2.21. The van der Waals surface area contributed by atoms with Crippen LogP contribution in [-0.2, 0) is 19.1 Å². The van der Waals surface area contributed by atoms with Crippen molar-refractivity contribution in [2.24, 2.45) is 5.92 Å². The number of amides is 1. The molecule has 26 heavy (non-hydrogen) atoms. The van der Waals surface area contributed by atoms with Crippen LogP contribution in [0.4, 0.5) is 0 Å². The average Bonchev–Trinajstić information content (AvgIpc) is 2.77. The number of rotatable bonds is 3. The lowest BCUT2D eigenvalue weighted by atomic mass is 9.76. The van der Waals surface area contributed by atoms with E-state index in [2.05, 4.69) is 12.2 Å². The summed E-state index contributed by atoms with van der Waals surface area (Å²) in [6.45, 7) is 8.13. The summed E-state index contributed by atoms with van der Waals surface area (Å²) in [7, 11) is -3.74. The fourth-order valence-corrected chi connectivity index (χ4v) is 4.58. The first-order valence-corrected chi connectivity index (χ1v) is 10.9. The summed E-state index contributed by atoms with van der Waals surface area (Å²) in [4.78, 5) is 12.9. The van der Waals surface area contributed by atoms with Crippen molar-refractivity contribution in [2.75, 3.05) is 6.26 Å². The summed E-state index contributed by atoms with van der Waals surface area (Å²) in [5, 5.41) is 3.07. The largest absolute Gasteiger partial charge is 0.384 e. The van der Waals surface area contributed by atoms with Crippen LogP contribution in [-0.4, -0.2) is 26.1 Å². The lowest BCUT2D eigenvalue weighted by molar-refractivity contribution is -0.116. The molecule has 0 saturated heterocycles. The van der Waals surface area contributed by atoms with Gasteiger partial charge in [-0.15, -0.1) is 0 Å². The van der Waals surface area contributed by atoms with Gasteiger partial charge < -0.3 is 9.50 Å². The van der Waals surface area contributed by atoms with Crippen LogP contribution in [0.25, 0.3) is 5.57 Å². The number of carbonyl (C=O) groups is 1. The lowest BCUT2D eigenvalue weighted by Gasteiger charge is -2.37. The molecule has 6 heteroatoms. The van der Waals surface area contributed by atoms with Gasteiger partial charge in [-0.2, -0.15) is 8.42 Å². The van der Waals surface area contributed by atoms with Crippen molar-refractivity contribution in [3.8, 4) is 0 Å². The summed E-state index contributed by atoms with van der Waals surface area (Å²) >= 11 is 0. The van der Waals surface area contributed by atoms with Crippen LogP contribution in [0.2, 0.25) is 0 Å². The summed E-state index contributed by atoms with van der Waals surface area (Å²) < 4.78 is 29.4. The molecule has 0 radical (unpaired) electrons. The third-order valence-electron chi connectivity index (χ3n) is 5.71. The normalized spacial score (nSPS) is 26.3. The zero-order chi connectivity index (χ0) is 19.3. The molecule has 1 saturated carbocycles. The molecule has 1 aromatic rings. The van der Waals surface area contributed by atoms with E-state index >= 15 is 0 Å². The molecule has 0 bridgehead atoms. The fraction of sp³-hybridized carbons (Fsp3) is 0.550. The molecule has 1 aliphatic carbocycles. The fourth-order valence-electron chi connectivity index (χ4n) is 4.03. The van der Waals surface area contributed by atoms with Gasteiger partial charge >= 0.3 is 10.1 Å². The van der Waals surface area contributed by atoms with E-state index in [0.29, 0.717) is 24.3 Å². The predicted molar refractivity (Wildman–Crippen MR) is 102 cm³/mol. The van der Waals surface area contributed by atoms with Crippen LogP contribution in [0.15, 0.2) is 17.9 Å². The van der Waals surface area contributed by atoms with Gasteiger partial charge in [-0.3, -0.25) is 4.79 Å². The van der Waals surface area contributed by atoms with Gasteiger partial charge in [-0.1, -0.05) is 19.1 Å². The van der Waals surface area contributed by atoms with E-state index in [1.807, 2.05) is 32.9 Å². The molecular formula is C20H27NO4S. The standard InChI is InChI=1S/C20H27NO4S/c1-12-6-8-20(9-7-12)18(25-26(5,23)24)17(19(22)21-20)16-11-14(3)13(2)10-15(16)4/h10-12H,6-9H2,1-5H3,(H,21,22). The zero-order valence-corrected chi connectivity index (χ0v) is 16.9. The highest BCUT2D eigenvalue weighted by Crippen LogP contribution is 2.45. The van der Waals surface area contributed by atoms with Crippen LogP contribution < -0.4 is 5.32 Å². The molecule has 1 spiro atoms. The van der Waals surface area contributed by atoms with Crippen molar-refractivity contribution in [2.45, 2.75) is 58.9 Å². The first-order valence-electron chi connectivity index (χ1n) is 9.07. The maximum atomic E-state index is 12.9. The second kappa shape index (κ2) is 6.41. The van der Waals surface area contributed by atoms with E-state index in [9.17, 15) is 13.2 Å². The molecule has 142 valence electrons. The second-order valence-corrected chi connectivity index (χ2v) is 9.54. The number of benzene rings is 1.